The topological polar surface area (TPSA) is 107 Å². The molecular weight excluding hydrogens is 887 g/mol. The fourth-order valence-corrected chi connectivity index (χ4v) is 11.7. The lowest BCUT2D eigenvalue weighted by molar-refractivity contribution is 0.384. The molecule has 0 spiro atoms. The first kappa shape index (κ1) is 41.9. The Balaban J connectivity index is 0.000000174. The highest BCUT2D eigenvalue weighted by Crippen LogP contribution is 2.33. The van der Waals surface area contributed by atoms with Crippen molar-refractivity contribution in [3.8, 4) is 22.5 Å². The quantitative estimate of drug-likeness (QED) is 0.149. The van der Waals surface area contributed by atoms with E-state index in [1.807, 2.05) is 47.8 Å². The standard InChI is InChI=1S/C20H19Cl2N3O2S2.C19H17Cl2N3O2S2/c1-14-4-2-3-5-16(14)19-13-28-20(23-19)24-8-10-25(11-9-24)29(26,27)15-6-7-17(21)18(22)12-15;20-16-7-6-15(12-17(16)21)28(25,26)24-10-8-23(9-11-24)19-22-18(13-27-19)14-4-2-1-3-5-14/h2-7,12-13H,8-11H2,1H3;1-7,12-13H,8-11H2. The molecule has 0 atom stereocenters. The van der Waals surface area contributed by atoms with Gasteiger partial charge in [0.15, 0.2) is 10.3 Å². The average Bonchev–Trinajstić information content (AvgIpc) is 3.92. The maximum atomic E-state index is 12.9. The van der Waals surface area contributed by atoms with E-state index in [2.05, 4.69) is 34.2 Å². The number of aryl methyl sites for hydroxylation is 1. The van der Waals surface area contributed by atoms with Gasteiger partial charge in [-0.2, -0.15) is 8.61 Å². The molecule has 18 heteroatoms. The molecule has 2 aliphatic heterocycles. The summed E-state index contributed by atoms with van der Waals surface area (Å²) >= 11 is 26.9. The van der Waals surface area contributed by atoms with Crippen molar-refractivity contribution in [2.75, 3.05) is 62.2 Å². The number of aromatic nitrogens is 2. The van der Waals surface area contributed by atoms with Gasteiger partial charge >= 0.3 is 0 Å². The van der Waals surface area contributed by atoms with Crippen molar-refractivity contribution < 1.29 is 16.8 Å². The van der Waals surface area contributed by atoms with E-state index in [1.54, 1.807) is 22.7 Å². The van der Waals surface area contributed by atoms with Crippen molar-refractivity contribution in [3.63, 3.8) is 0 Å². The largest absolute Gasteiger partial charge is 0.345 e. The molecule has 0 N–H and O–H groups in total. The summed E-state index contributed by atoms with van der Waals surface area (Å²) in [5, 5.41) is 7.04. The number of rotatable bonds is 8. The maximum Gasteiger partial charge on any atom is 0.243 e. The lowest BCUT2D eigenvalue weighted by Crippen LogP contribution is -2.48. The molecular formula is C39H36Cl4N6O4S4. The number of sulfonamides is 2. The number of hydrogen-bond donors (Lipinski definition) is 0. The van der Waals surface area contributed by atoms with Crippen LogP contribution in [0.4, 0.5) is 10.3 Å². The zero-order chi connectivity index (χ0) is 40.3. The average molecular weight is 923 g/mol. The Morgan fingerprint density at radius 3 is 1.44 bits per heavy atom. The van der Waals surface area contributed by atoms with Crippen molar-refractivity contribution in [1.29, 1.82) is 0 Å². The van der Waals surface area contributed by atoms with E-state index in [9.17, 15) is 16.8 Å². The van der Waals surface area contributed by atoms with Gasteiger partial charge in [0.2, 0.25) is 20.0 Å². The summed E-state index contributed by atoms with van der Waals surface area (Å²) in [4.78, 5) is 14.1. The van der Waals surface area contributed by atoms with Crippen LogP contribution in [0.5, 0.6) is 0 Å². The molecule has 0 aliphatic carbocycles. The van der Waals surface area contributed by atoms with Crippen molar-refractivity contribution in [2.45, 2.75) is 16.7 Å². The van der Waals surface area contributed by atoms with Crippen molar-refractivity contribution in [1.82, 2.24) is 18.6 Å². The van der Waals surface area contributed by atoms with Gasteiger partial charge in [0.1, 0.15) is 0 Å². The van der Waals surface area contributed by atoms with E-state index >= 15 is 0 Å². The minimum Gasteiger partial charge on any atom is -0.345 e. The molecule has 0 amide bonds. The van der Waals surface area contributed by atoms with E-state index in [0.29, 0.717) is 62.4 Å². The fraction of sp³-hybridized carbons (Fsp3) is 0.231. The monoisotopic (exact) mass is 920 g/mol. The Morgan fingerprint density at radius 1 is 0.526 bits per heavy atom. The first-order valence-electron chi connectivity index (χ1n) is 17.7. The smallest absolute Gasteiger partial charge is 0.243 e. The lowest BCUT2D eigenvalue weighted by atomic mass is 10.1. The Hall–Kier alpha value is -3.28. The number of halogens is 4. The van der Waals surface area contributed by atoms with Crippen LogP contribution in [0, 0.1) is 6.92 Å². The van der Waals surface area contributed by atoms with Gasteiger partial charge in [-0.1, -0.05) is 101 Å². The second-order valence-electron chi connectivity index (χ2n) is 13.1. The number of anilines is 2. The summed E-state index contributed by atoms with van der Waals surface area (Å²) < 4.78 is 54.5. The molecule has 0 saturated carbocycles. The summed E-state index contributed by atoms with van der Waals surface area (Å²) in [6.45, 7) is 5.98. The van der Waals surface area contributed by atoms with Crippen LogP contribution in [0.2, 0.25) is 20.1 Å². The van der Waals surface area contributed by atoms with Crippen molar-refractivity contribution >= 4 is 99.4 Å². The van der Waals surface area contributed by atoms with Crippen LogP contribution in [0.15, 0.2) is 112 Å². The molecule has 57 heavy (non-hydrogen) atoms. The summed E-state index contributed by atoms with van der Waals surface area (Å²) in [5.41, 5.74) is 5.27. The highest BCUT2D eigenvalue weighted by Gasteiger charge is 2.31. The van der Waals surface area contributed by atoms with Crippen molar-refractivity contribution in [2.24, 2.45) is 0 Å². The minimum absolute atomic E-state index is 0.163. The molecule has 0 bridgehead atoms. The van der Waals surface area contributed by atoms with Crippen molar-refractivity contribution in [3.05, 3.63) is 127 Å². The Morgan fingerprint density at radius 2 is 0.965 bits per heavy atom. The molecule has 2 fully saturated rings. The number of nitrogens with zero attached hydrogens (tertiary/aromatic N) is 6. The number of benzene rings is 4. The van der Waals surface area contributed by atoms with Gasteiger partial charge in [-0.05, 0) is 48.9 Å². The molecule has 6 aromatic rings. The molecule has 8 rings (SSSR count). The summed E-state index contributed by atoms with van der Waals surface area (Å²) in [5.74, 6) is 0. The van der Waals surface area contributed by atoms with E-state index in [1.165, 1.54) is 50.6 Å². The van der Waals surface area contributed by atoms with Gasteiger partial charge in [0, 0.05) is 74.2 Å². The third kappa shape index (κ3) is 9.46. The zero-order valence-corrected chi connectivity index (χ0v) is 36.7. The second kappa shape index (κ2) is 17.9. The Kier molecular flexibility index (Phi) is 13.2. The first-order chi connectivity index (χ1) is 27.3. The predicted octanol–water partition coefficient (Wildman–Crippen LogP) is 9.56. The van der Waals surface area contributed by atoms with Gasteiger partial charge in [0.25, 0.3) is 0 Å². The SMILES string of the molecule is Cc1ccccc1-c1csc(N2CCN(S(=O)(=O)c3ccc(Cl)c(Cl)c3)CC2)n1.O=S(=O)(c1ccc(Cl)c(Cl)c1)N1CCN(c2nc(-c3ccccc3)cs2)CC1. The molecule has 2 aliphatic rings. The van der Waals surface area contributed by atoms with Gasteiger partial charge in [0.05, 0.1) is 41.3 Å². The normalized spacial score (nSPS) is 15.7. The first-order valence-corrected chi connectivity index (χ1v) is 23.9. The Bertz CT molecular complexity index is 2580. The van der Waals surface area contributed by atoms with E-state index in [4.69, 9.17) is 56.4 Å². The number of thiazole rings is 2. The zero-order valence-electron chi connectivity index (χ0n) is 30.4. The van der Waals surface area contributed by atoms with Crippen LogP contribution >= 0.6 is 69.1 Å². The predicted molar refractivity (Wildman–Crippen MR) is 235 cm³/mol. The molecule has 4 aromatic carbocycles. The van der Waals surface area contributed by atoms with Crippen LogP contribution in [0.3, 0.4) is 0 Å². The van der Waals surface area contributed by atoms with Crippen LogP contribution in [-0.4, -0.2) is 87.8 Å². The van der Waals surface area contributed by atoms with Gasteiger partial charge in [-0.3, -0.25) is 0 Å². The minimum atomic E-state index is -3.60. The second-order valence-corrected chi connectivity index (χ2v) is 20.3. The lowest BCUT2D eigenvalue weighted by Gasteiger charge is -2.33. The highest BCUT2D eigenvalue weighted by molar-refractivity contribution is 7.89. The molecule has 10 nitrogen and oxygen atoms in total. The van der Waals surface area contributed by atoms with Gasteiger partial charge < -0.3 is 9.80 Å². The summed E-state index contributed by atoms with van der Waals surface area (Å²) in [7, 11) is -7.20. The van der Waals surface area contributed by atoms with Crippen LogP contribution < -0.4 is 9.80 Å². The Labute approximate surface area is 360 Å². The highest BCUT2D eigenvalue weighted by atomic mass is 35.5. The van der Waals surface area contributed by atoms with Gasteiger partial charge in [-0.15, -0.1) is 22.7 Å². The van der Waals surface area contributed by atoms with Crippen LogP contribution in [0.25, 0.3) is 22.5 Å². The third-order valence-electron chi connectivity index (χ3n) is 9.55. The van der Waals surface area contributed by atoms with Crippen LogP contribution in [-0.2, 0) is 20.0 Å². The molecule has 2 saturated heterocycles. The maximum absolute atomic E-state index is 12.9. The fourth-order valence-electron chi connectivity index (χ4n) is 6.36. The molecule has 298 valence electrons. The third-order valence-corrected chi connectivity index (χ3v) is 16.6. The van der Waals surface area contributed by atoms with E-state index in [0.717, 1.165) is 32.8 Å². The van der Waals surface area contributed by atoms with Gasteiger partial charge in [-0.25, -0.2) is 26.8 Å². The number of hydrogen-bond acceptors (Lipinski definition) is 10. The molecule has 4 heterocycles. The summed E-state index contributed by atoms with van der Waals surface area (Å²) in [6, 6.07) is 27.0. The van der Waals surface area contributed by atoms with E-state index < -0.39 is 20.0 Å². The van der Waals surface area contributed by atoms with Crippen LogP contribution in [0.1, 0.15) is 5.56 Å². The molecule has 0 radical (unpaired) electrons. The molecule has 2 aromatic heterocycles. The number of piperazine rings is 2. The van der Waals surface area contributed by atoms with E-state index in [-0.39, 0.29) is 19.8 Å². The summed E-state index contributed by atoms with van der Waals surface area (Å²) in [6.07, 6.45) is 0. The molecule has 0 unspecified atom stereocenters.